The molecule has 0 radical (unpaired) electrons. The Morgan fingerprint density at radius 1 is 0.833 bits per heavy atom. The normalized spacial score (nSPS) is 14.1. The first-order valence-corrected chi connectivity index (χ1v) is 17.9. The Kier molecular flexibility index (Phi) is 11.8. The Balaban J connectivity index is 1.54. The van der Waals surface area contributed by atoms with Crippen LogP contribution in [0.4, 0.5) is 10.1 Å². The molecule has 1 atom stereocenters. The molecule has 0 heterocycles. The quantitative estimate of drug-likeness (QED) is 0.165. The summed E-state index contributed by atoms with van der Waals surface area (Å²) in [6.07, 6.45) is 5.15. The third kappa shape index (κ3) is 9.01. The van der Waals surface area contributed by atoms with E-state index >= 15 is 0 Å². The first-order chi connectivity index (χ1) is 23.2. The number of nitrogens with zero attached hydrogens (tertiary/aromatic N) is 2. The zero-order chi connectivity index (χ0) is 33.9. The van der Waals surface area contributed by atoms with E-state index < -0.39 is 34.3 Å². The summed E-state index contributed by atoms with van der Waals surface area (Å²) >= 11 is 0. The van der Waals surface area contributed by atoms with Gasteiger partial charge in [-0.1, -0.05) is 79.9 Å². The number of rotatable bonds is 14. The lowest BCUT2D eigenvalue weighted by atomic mass is 9.94. The highest BCUT2D eigenvalue weighted by molar-refractivity contribution is 7.92. The van der Waals surface area contributed by atoms with Crippen molar-refractivity contribution in [1.82, 2.24) is 10.2 Å². The highest BCUT2D eigenvalue weighted by Gasteiger charge is 2.35. The van der Waals surface area contributed by atoms with Crippen LogP contribution in [0.2, 0.25) is 0 Å². The molecule has 4 aromatic rings. The van der Waals surface area contributed by atoms with Crippen LogP contribution in [0.3, 0.4) is 0 Å². The molecule has 8 nitrogen and oxygen atoms in total. The maximum absolute atomic E-state index is 14.6. The van der Waals surface area contributed by atoms with Crippen molar-refractivity contribution in [2.75, 3.05) is 17.5 Å². The molecule has 0 spiro atoms. The molecule has 0 saturated heterocycles. The zero-order valence-electron chi connectivity index (χ0n) is 27.1. The van der Waals surface area contributed by atoms with Crippen LogP contribution in [-0.4, -0.2) is 50.4 Å². The van der Waals surface area contributed by atoms with Crippen molar-refractivity contribution in [2.45, 2.75) is 69.0 Å². The summed E-state index contributed by atoms with van der Waals surface area (Å²) in [6, 6.07) is 28.8. The summed E-state index contributed by atoms with van der Waals surface area (Å²) in [7, 11) is -4.32. The van der Waals surface area contributed by atoms with Crippen molar-refractivity contribution in [3.8, 4) is 5.75 Å². The van der Waals surface area contributed by atoms with Crippen molar-refractivity contribution in [1.29, 1.82) is 0 Å². The Morgan fingerprint density at radius 2 is 1.44 bits per heavy atom. The molecule has 48 heavy (non-hydrogen) atoms. The van der Waals surface area contributed by atoms with E-state index in [1.807, 2.05) is 67.6 Å². The monoisotopic (exact) mass is 671 g/mol. The summed E-state index contributed by atoms with van der Waals surface area (Å²) in [5.74, 6) is -0.894. The van der Waals surface area contributed by atoms with Gasteiger partial charge in [0.2, 0.25) is 11.8 Å². The molecule has 1 aliphatic rings. The number of carbonyl (C=O) groups excluding carboxylic acids is 2. The number of anilines is 1. The van der Waals surface area contributed by atoms with Crippen molar-refractivity contribution in [3.05, 3.63) is 126 Å². The summed E-state index contributed by atoms with van der Waals surface area (Å²) in [6.45, 7) is 1.71. The number of hydrogen-bond acceptors (Lipinski definition) is 5. The van der Waals surface area contributed by atoms with E-state index in [1.54, 1.807) is 12.1 Å². The number of halogens is 1. The fourth-order valence-electron chi connectivity index (χ4n) is 6.02. The molecule has 1 saturated carbocycles. The van der Waals surface area contributed by atoms with Gasteiger partial charge in [-0.15, -0.1) is 0 Å². The number of nitrogens with one attached hydrogen (secondary N) is 1. The van der Waals surface area contributed by atoms with Crippen molar-refractivity contribution in [3.63, 3.8) is 0 Å². The standard InChI is InChI=1S/C38H42FN3O5S/c1-2-47-34-22-24-35(25-23-34)48(45,46)42(33-20-18-31(39)19-21-33)28-37(43)41(27-30-14-8-4-9-15-30)36(26-29-12-6-3-7-13-29)38(44)40-32-16-10-5-11-17-32/h3-4,6-9,12-15,18-25,32,36H,2,5,10-11,16-17,26-28H2,1H3,(H,40,44). The summed E-state index contributed by atoms with van der Waals surface area (Å²) in [4.78, 5) is 30.2. The molecule has 252 valence electrons. The second kappa shape index (κ2) is 16.4. The Labute approximate surface area is 282 Å². The molecule has 1 fully saturated rings. The summed E-state index contributed by atoms with van der Waals surface area (Å²) < 4.78 is 48.9. The van der Waals surface area contributed by atoms with Gasteiger partial charge in [0.25, 0.3) is 10.0 Å². The van der Waals surface area contributed by atoms with Crippen LogP contribution >= 0.6 is 0 Å². The molecule has 1 aliphatic carbocycles. The minimum absolute atomic E-state index is 0.00829. The van der Waals surface area contributed by atoms with E-state index in [-0.39, 0.29) is 35.5 Å². The number of amides is 2. The molecule has 2 amide bonds. The topological polar surface area (TPSA) is 96.0 Å². The van der Waals surface area contributed by atoms with Crippen LogP contribution in [0.25, 0.3) is 0 Å². The predicted octanol–water partition coefficient (Wildman–Crippen LogP) is 6.51. The van der Waals surface area contributed by atoms with Crippen LogP contribution in [0.1, 0.15) is 50.2 Å². The summed E-state index contributed by atoms with van der Waals surface area (Å²) in [5.41, 5.74) is 1.77. The van der Waals surface area contributed by atoms with Crippen LogP contribution < -0.4 is 14.4 Å². The first-order valence-electron chi connectivity index (χ1n) is 16.4. The fraction of sp³-hybridized carbons (Fsp3) is 0.316. The van der Waals surface area contributed by atoms with Gasteiger partial charge in [0.1, 0.15) is 24.2 Å². The predicted molar refractivity (Wildman–Crippen MR) is 184 cm³/mol. The number of sulfonamides is 1. The van der Waals surface area contributed by atoms with Gasteiger partial charge in [0, 0.05) is 19.0 Å². The largest absolute Gasteiger partial charge is 0.494 e. The lowest BCUT2D eigenvalue weighted by molar-refractivity contribution is -0.140. The smallest absolute Gasteiger partial charge is 0.264 e. The van der Waals surface area contributed by atoms with E-state index in [9.17, 15) is 22.4 Å². The second-order valence-corrected chi connectivity index (χ2v) is 13.8. The van der Waals surface area contributed by atoms with Gasteiger partial charge in [0.15, 0.2) is 0 Å². The van der Waals surface area contributed by atoms with Gasteiger partial charge >= 0.3 is 0 Å². The Hall–Kier alpha value is -4.70. The first kappa shape index (κ1) is 34.6. The second-order valence-electron chi connectivity index (χ2n) is 11.9. The molecule has 5 rings (SSSR count). The highest BCUT2D eigenvalue weighted by atomic mass is 32.2. The molecule has 0 bridgehead atoms. The Morgan fingerprint density at radius 3 is 2.04 bits per heavy atom. The number of ether oxygens (including phenoxy) is 1. The van der Waals surface area contributed by atoms with Crippen LogP contribution in [0.5, 0.6) is 5.75 Å². The van der Waals surface area contributed by atoms with E-state index in [2.05, 4.69) is 5.32 Å². The average Bonchev–Trinajstić information content (AvgIpc) is 3.11. The zero-order valence-corrected chi connectivity index (χ0v) is 27.9. The molecular formula is C38H42FN3O5S. The number of hydrogen-bond donors (Lipinski definition) is 1. The average molecular weight is 672 g/mol. The molecular weight excluding hydrogens is 629 g/mol. The van der Waals surface area contributed by atoms with Gasteiger partial charge in [-0.3, -0.25) is 13.9 Å². The minimum atomic E-state index is -4.32. The highest BCUT2D eigenvalue weighted by Crippen LogP contribution is 2.27. The van der Waals surface area contributed by atoms with Crippen molar-refractivity contribution < 1.29 is 27.1 Å². The van der Waals surface area contributed by atoms with Crippen LogP contribution in [-0.2, 0) is 32.6 Å². The molecule has 10 heteroatoms. The number of carbonyl (C=O) groups is 2. The lowest BCUT2D eigenvalue weighted by Gasteiger charge is -2.35. The molecule has 0 aliphatic heterocycles. The van der Waals surface area contributed by atoms with E-state index in [4.69, 9.17) is 4.74 Å². The van der Waals surface area contributed by atoms with Crippen molar-refractivity contribution in [2.24, 2.45) is 0 Å². The third-order valence-corrected chi connectivity index (χ3v) is 10.3. The maximum Gasteiger partial charge on any atom is 0.264 e. The fourth-order valence-corrected chi connectivity index (χ4v) is 7.43. The van der Waals surface area contributed by atoms with Crippen LogP contribution in [0, 0.1) is 5.82 Å². The van der Waals surface area contributed by atoms with Gasteiger partial charge in [-0.25, -0.2) is 12.8 Å². The van der Waals surface area contributed by atoms with Crippen LogP contribution in [0.15, 0.2) is 114 Å². The molecule has 0 aromatic heterocycles. The maximum atomic E-state index is 14.6. The number of benzene rings is 4. The summed E-state index contributed by atoms with van der Waals surface area (Å²) in [5, 5.41) is 3.21. The minimum Gasteiger partial charge on any atom is -0.494 e. The van der Waals surface area contributed by atoms with Gasteiger partial charge in [-0.2, -0.15) is 0 Å². The van der Waals surface area contributed by atoms with E-state index in [0.717, 1.165) is 59.7 Å². The third-order valence-electron chi connectivity index (χ3n) is 8.53. The van der Waals surface area contributed by atoms with E-state index in [1.165, 1.54) is 29.2 Å². The molecule has 1 N–H and O–H groups in total. The van der Waals surface area contributed by atoms with Gasteiger partial charge in [0.05, 0.1) is 17.2 Å². The lowest BCUT2D eigenvalue weighted by Crippen LogP contribution is -2.55. The SMILES string of the molecule is CCOc1ccc(S(=O)(=O)N(CC(=O)N(Cc2ccccc2)C(Cc2ccccc2)C(=O)NC2CCCCC2)c2ccc(F)cc2)cc1. The molecule has 1 unspecified atom stereocenters. The molecule has 4 aromatic carbocycles. The van der Waals surface area contributed by atoms with Crippen molar-refractivity contribution >= 4 is 27.5 Å². The van der Waals surface area contributed by atoms with Gasteiger partial charge < -0.3 is 15.0 Å². The Bertz CT molecular complexity index is 1730. The van der Waals surface area contributed by atoms with Gasteiger partial charge in [-0.05, 0) is 79.4 Å². The van der Waals surface area contributed by atoms with E-state index in [0.29, 0.717) is 12.4 Å².